The maximum absolute atomic E-state index is 12.6. The van der Waals surface area contributed by atoms with E-state index in [9.17, 15) is 27.6 Å². The predicted octanol–water partition coefficient (Wildman–Crippen LogP) is 3.37. The van der Waals surface area contributed by atoms with Crippen molar-refractivity contribution in [2.24, 2.45) is 5.92 Å². The summed E-state index contributed by atoms with van der Waals surface area (Å²) in [4.78, 5) is 38.5. The van der Waals surface area contributed by atoms with E-state index in [-0.39, 0.29) is 24.1 Å². The quantitative estimate of drug-likeness (QED) is 0.753. The van der Waals surface area contributed by atoms with Gasteiger partial charge in [-0.25, -0.2) is 0 Å². The number of hydrogen-bond acceptors (Lipinski definition) is 4. The number of nitrogens with zero attached hydrogens (tertiary/aromatic N) is 1. The molecule has 9 heteroatoms. The van der Waals surface area contributed by atoms with Crippen LogP contribution in [0.25, 0.3) is 0 Å². The van der Waals surface area contributed by atoms with E-state index >= 15 is 0 Å². The van der Waals surface area contributed by atoms with Crippen molar-refractivity contribution in [2.45, 2.75) is 57.3 Å². The Bertz CT molecular complexity index is 773. The molecule has 0 radical (unpaired) electrons. The van der Waals surface area contributed by atoms with Gasteiger partial charge in [-0.3, -0.25) is 14.4 Å². The van der Waals surface area contributed by atoms with Crippen molar-refractivity contribution < 1.29 is 32.3 Å². The molecule has 1 aromatic carbocycles. The van der Waals surface area contributed by atoms with Gasteiger partial charge < -0.3 is 15.0 Å². The molecule has 1 saturated carbocycles. The first-order valence-corrected chi connectivity index (χ1v) is 9.63. The highest BCUT2D eigenvalue weighted by Gasteiger charge is 2.40. The van der Waals surface area contributed by atoms with Crippen LogP contribution in [0.3, 0.4) is 0 Å². The van der Waals surface area contributed by atoms with Gasteiger partial charge in [-0.2, -0.15) is 13.2 Å². The minimum absolute atomic E-state index is 0.0688. The van der Waals surface area contributed by atoms with Gasteiger partial charge in [0.15, 0.2) is 6.10 Å². The van der Waals surface area contributed by atoms with Crippen LogP contribution in [0.1, 0.15) is 44.6 Å². The molecule has 3 rings (SSSR count). The third-order valence-electron chi connectivity index (χ3n) is 5.40. The van der Waals surface area contributed by atoms with E-state index in [1.807, 2.05) is 0 Å². The summed E-state index contributed by atoms with van der Waals surface area (Å²) in [6.45, 7) is 1.68. The summed E-state index contributed by atoms with van der Waals surface area (Å²) in [7, 11) is 0. The van der Waals surface area contributed by atoms with Crippen molar-refractivity contribution in [3.8, 4) is 0 Å². The van der Waals surface area contributed by atoms with Gasteiger partial charge >= 0.3 is 12.1 Å². The molecule has 2 amide bonds. The number of likely N-dealkylation sites (tertiary alicyclic amines) is 1. The van der Waals surface area contributed by atoms with E-state index in [0.29, 0.717) is 6.54 Å². The molecule has 0 bridgehead atoms. The Morgan fingerprint density at radius 3 is 2.38 bits per heavy atom. The molecule has 6 nitrogen and oxygen atoms in total. The molecule has 0 spiro atoms. The van der Waals surface area contributed by atoms with Crippen molar-refractivity contribution >= 4 is 23.5 Å². The molecular formula is C20H23F3N2O4. The summed E-state index contributed by atoms with van der Waals surface area (Å²) < 4.78 is 42.9. The second kappa shape index (κ2) is 8.42. The second-order valence-corrected chi connectivity index (χ2v) is 7.53. The number of amides is 2. The molecule has 158 valence electrons. The standard InChI is InChI=1S/C20H23F3N2O4/c1-12(18(27)24-15-8-6-14(7-9-15)20(21,22)23)29-19(28)13-10-17(26)25(11-13)16-4-2-3-5-16/h6-9,12-13,16H,2-5,10-11H2,1H3,(H,24,27)/t12-,13+/m0/s1. The number of esters is 1. The number of anilines is 1. The Hall–Kier alpha value is -2.58. The van der Waals surface area contributed by atoms with Crippen LogP contribution in [0.5, 0.6) is 0 Å². The average molecular weight is 412 g/mol. The highest BCUT2D eigenvalue weighted by Crippen LogP contribution is 2.31. The molecule has 2 aliphatic rings. The van der Waals surface area contributed by atoms with Crippen molar-refractivity contribution in [2.75, 3.05) is 11.9 Å². The minimum Gasteiger partial charge on any atom is -0.452 e. The fourth-order valence-corrected chi connectivity index (χ4v) is 3.77. The Labute approximate surface area is 166 Å². The van der Waals surface area contributed by atoms with Gasteiger partial charge in [0.05, 0.1) is 11.5 Å². The van der Waals surface area contributed by atoms with E-state index in [1.54, 1.807) is 4.90 Å². The molecule has 1 heterocycles. The maximum atomic E-state index is 12.6. The van der Waals surface area contributed by atoms with Crippen LogP contribution < -0.4 is 5.32 Å². The zero-order valence-corrected chi connectivity index (χ0v) is 16.0. The van der Waals surface area contributed by atoms with Crippen LogP contribution >= 0.6 is 0 Å². The van der Waals surface area contributed by atoms with Gasteiger partial charge in [-0.05, 0) is 44.0 Å². The highest BCUT2D eigenvalue weighted by molar-refractivity contribution is 5.95. The largest absolute Gasteiger partial charge is 0.452 e. The topological polar surface area (TPSA) is 75.7 Å². The third kappa shape index (κ3) is 5.07. The lowest BCUT2D eigenvalue weighted by atomic mass is 10.1. The van der Waals surface area contributed by atoms with E-state index in [1.165, 1.54) is 6.92 Å². The molecule has 29 heavy (non-hydrogen) atoms. The SMILES string of the molecule is C[C@H](OC(=O)[C@@H]1CC(=O)N(C2CCCC2)C1)C(=O)Nc1ccc(C(F)(F)F)cc1. The Morgan fingerprint density at radius 1 is 1.17 bits per heavy atom. The number of alkyl halides is 3. The van der Waals surface area contributed by atoms with Crippen molar-refractivity contribution in [3.05, 3.63) is 29.8 Å². The molecule has 0 aromatic heterocycles. The van der Waals surface area contributed by atoms with E-state index < -0.39 is 35.6 Å². The average Bonchev–Trinajstić information content (AvgIpc) is 3.30. The van der Waals surface area contributed by atoms with Gasteiger partial charge in [-0.1, -0.05) is 12.8 Å². The van der Waals surface area contributed by atoms with Crippen molar-refractivity contribution in [3.63, 3.8) is 0 Å². The summed E-state index contributed by atoms with van der Waals surface area (Å²) in [6.07, 6.45) is -1.49. The summed E-state index contributed by atoms with van der Waals surface area (Å²) in [6, 6.07) is 4.15. The summed E-state index contributed by atoms with van der Waals surface area (Å²) in [5.74, 6) is -1.95. The van der Waals surface area contributed by atoms with Crippen LogP contribution in [0, 0.1) is 5.92 Å². The molecular weight excluding hydrogens is 389 g/mol. The second-order valence-electron chi connectivity index (χ2n) is 7.53. The van der Waals surface area contributed by atoms with Crippen LogP contribution in [0.4, 0.5) is 18.9 Å². The monoisotopic (exact) mass is 412 g/mol. The van der Waals surface area contributed by atoms with Crippen LogP contribution in [0.15, 0.2) is 24.3 Å². The molecule has 1 aromatic rings. The van der Waals surface area contributed by atoms with Crippen LogP contribution in [0.2, 0.25) is 0 Å². The minimum atomic E-state index is -4.46. The first-order valence-electron chi connectivity index (χ1n) is 9.63. The predicted molar refractivity (Wildman–Crippen MR) is 97.7 cm³/mol. The van der Waals surface area contributed by atoms with Crippen LogP contribution in [-0.2, 0) is 25.3 Å². The number of rotatable bonds is 5. The summed E-state index contributed by atoms with van der Waals surface area (Å²) in [5, 5.41) is 2.42. The number of nitrogens with one attached hydrogen (secondary N) is 1. The smallest absolute Gasteiger partial charge is 0.416 e. The first kappa shape index (κ1) is 21.1. The van der Waals surface area contributed by atoms with Gasteiger partial charge in [0.1, 0.15) is 0 Å². The fraction of sp³-hybridized carbons (Fsp3) is 0.550. The van der Waals surface area contributed by atoms with E-state index in [2.05, 4.69) is 5.32 Å². The molecule has 2 atom stereocenters. The lowest BCUT2D eigenvalue weighted by molar-refractivity contribution is -0.157. The van der Waals surface area contributed by atoms with Gasteiger partial charge in [0.2, 0.25) is 5.91 Å². The number of ether oxygens (including phenoxy) is 1. The first-order chi connectivity index (χ1) is 13.6. The number of halogens is 3. The van der Waals surface area contributed by atoms with Gasteiger partial charge in [-0.15, -0.1) is 0 Å². The Balaban J connectivity index is 1.51. The zero-order valence-electron chi connectivity index (χ0n) is 16.0. The van der Waals surface area contributed by atoms with Crippen molar-refractivity contribution in [1.29, 1.82) is 0 Å². The van der Waals surface area contributed by atoms with Crippen molar-refractivity contribution in [1.82, 2.24) is 4.90 Å². The Morgan fingerprint density at radius 2 is 1.79 bits per heavy atom. The maximum Gasteiger partial charge on any atom is 0.416 e. The number of carbonyl (C=O) groups is 3. The fourth-order valence-electron chi connectivity index (χ4n) is 3.77. The number of carbonyl (C=O) groups excluding carboxylic acids is 3. The number of hydrogen-bond donors (Lipinski definition) is 1. The lowest BCUT2D eigenvalue weighted by Crippen LogP contribution is -2.36. The summed E-state index contributed by atoms with van der Waals surface area (Å²) >= 11 is 0. The number of benzene rings is 1. The Kier molecular flexibility index (Phi) is 6.14. The van der Waals surface area contributed by atoms with E-state index in [0.717, 1.165) is 49.9 Å². The third-order valence-corrected chi connectivity index (χ3v) is 5.40. The lowest BCUT2D eigenvalue weighted by Gasteiger charge is -2.24. The van der Waals surface area contributed by atoms with Gasteiger partial charge in [0.25, 0.3) is 5.91 Å². The van der Waals surface area contributed by atoms with Gasteiger partial charge in [0, 0.05) is 24.7 Å². The molecule has 0 unspecified atom stereocenters. The normalized spacial score (nSPS) is 21.3. The zero-order chi connectivity index (χ0) is 21.2. The highest BCUT2D eigenvalue weighted by atomic mass is 19.4. The summed E-state index contributed by atoms with van der Waals surface area (Å²) in [5.41, 5.74) is -0.665. The molecule has 1 N–H and O–H groups in total. The molecule has 1 saturated heterocycles. The molecule has 1 aliphatic carbocycles. The van der Waals surface area contributed by atoms with E-state index in [4.69, 9.17) is 4.74 Å². The molecule has 1 aliphatic heterocycles. The molecule has 2 fully saturated rings. The van der Waals surface area contributed by atoms with Crippen LogP contribution in [-0.4, -0.2) is 41.4 Å².